The summed E-state index contributed by atoms with van der Waals surface area (Å²) in [6.45, 7) is 0.434. The van der Waals surface area contributed by atoms with Crippen molar-refractivity contribution in [2.45, 2.75) is 25.7 Å². The van der Waals surface area contributed by atoms with Crippen molar-refractivity contribution in [1.82, 2.24) is 24.7 Å². The third-order valence-electron chi connectivity index (χ3n) is 3.66. The summed E-state index contributed by atoms with van der Waals surface area (Å²) in [6.07, 6.45) is -3.60. The Bertz CT molecular complexity index is 678. The van der Waals surface area contributed by atoms with Crippen LogP contribution >= 0.6 is 11.3 Å². The Balaban J connectivity index is 1.73. The summed E-state index contributed by atoms with van der Waals surface area (Å²) in [7, 11) is 0. The highest BCUT2D eigenvalue weighted by Crippen LogP contribution is 2.33. The summed E-state index contributed by atoms with van der Waals surface area (Å²) in [5.74, 6) is -1.34. The molecule has 10 heteroatoms. The molecule has 0 bridgehead atoms. The van der Waals surface area contributed by atoms with E-state index < -0.39 is 17.8 Å². The molecule has 1 aliphatic rings. The van der Waals surface area contributed by atoms with Gasteiger partial charge in [0.2, 0.25) is 0 Å². The van der Waals surface area contributed by atoms with E-state index in [1.807, 2.05) is 0 Å². The van der Waals surface area contributed by atoms with Crippen molar-refractivity contribution in [3.05, 3.63) is 28.0 Å². The van der Waals surface area contributed by atoms with Crippen LogP contribution < -0.4 is 5.69 Å². The van der Waals surface area contributed by atoms with Gasteiger partial charge in [-0.1, -0.05) is 0 Å². The zero-order valence-corrected chi connectivity index (χ0v) is 12.3. The molecule has 3 heterocycles. The normalized spacial score (nSPS) is 20.4. The number of likely N-dealkylation sites (tertiary alicyclic amines) is 1. The molecule has 0 radical (unpaired) electrons. The van der Waals surface area contributed by atoms with E-state index in [2.05, 4.69) is 10.4 Å². The number of tetrazole rings is 1. The SMILES string of the molecule is O=c1n(CN2CCCC(C(F)(F)F)C2)nnn1-c1cccs1. The molecule has 0 amide bonds. The Hall–Kier alpha value is -1.68. The maximum absolute atomic E-state index is 12.8. The van der Waals surface area contributed by atoms with Gasteiger partial charge in [0.15, 0.2) is 0 Å². The van der Waals surface area contributed by atoms with E-state index in [4.69, 9.17) is 0 Å². The lowest BCUT2D eigenvalue weighted by molar-refractivity contribution is -0.188. The molecule has 3 rings (SSSR count). The van der Waals surface area contributed by atoms with Gasteiger partial charge in [-0.2, -0.15) is 22.5 Å². The molecule has 2 aromatic rings. The van der Waals surface area contributed by atoms with E-state index in [-0.39, 0.29) is 19.6 Å². The Labute approximate surface area is 127 Å². The van der Waals surface area contributed by atoms with Gasteiger partial charge in [0, 0.05) is 6.54 Å². The van der Waals surface area contributed by atoms with Crippen LogP contribution in [0.5, 0.6) is 0 Å². The minimum absolute atomic E-state index is 0.0246. The molecule has 6 nitrogen and oxygen atoms in total. The Morgan fingerprint density at radius 1 is 1.36 bits per heavy atom. The predicted molar refractivity (Wildman–Crippen MR) is 73.8 cm³/mol. The molecule has 120 valence electrons. The zero-order valence-electron chi connectivity index (χ0n) is 11.5. The lowest BCUT2D eigenvalue weighted by atomic mass is 9.98. The molecule has 2 aromatic heterocycles. The van der Waals surface area contributed by atoms with Crippen LogP contribution in [0.1, 0.15) is 12.8 Å². The highest BCUT2D eigenvalue weighted by molar-refractivity contribution is 7.12. The van der Waals surface area contributed by atoms with E-state index in [9.17, 15) is 18.0 Å². The van der Waals surface area contributed by atoms with Crippen LogP contribution in [-0.4, -0.2) is 44.0 Å². The Morgan fingerprint density at radius 3 is 2.86 bits per heavy atom. The van der Waals surface area contributed by atoms with Crippen molar-refractivity contribution in [3.63, 3.8) is 0 Å². The maximum Gasteiger partial charge on any atom is 0.393 e. The first-order valence-corrected chi connectivity index (χ1v) is 7.69. The first-order valence-electron chi connectivity index (χ1n) is 6.81. The first kappa shape index (κ1) is 15.2. The fourth-order valence-electron chi connectivity index (χ4n) is 2.53. The number of alkyl halides is 3. The molecule has 1 fully saturated rings. The van der Waals surface area contributed by atoms with Gasteiger partial charge in [0.05, 0.1) is 5.92 Å². The van der Waals surface area contributed by atoms with Gasteiger partial charge in [-0.3, -0.25) is 4.90 Å². The molecule has 0 aliphatic carbocycles. The van der Waals surface area contributed by atoms with E-state index in [0.29, 0.717) is 18.0 Å². The zero-order chi connectivity index (χ0) is 15.7. The number of aromatic nitrogens is 4. The smallest absolute Gasteiger partial charge is 0.284 e. The van der Waals surface area contributed by atoms with E-state index in [1.165, 1.54) is 11.3 Å². The summed E-state index contributed by atoms with van der Waals surface area (Å²) in [5.41, 5.74) is -0.448. The summed E-state index contributed by atoms with van der Waals surface area (Å²) in [4.78, 5) is 13.8. The fourth-order valence-corrected chi connectivity index (χ4v) is 3.20. The van der Waals surface area contributed by atoms with Gasteiger partial charge in [0.1, 0.15) is 11.7 Å². The average Bonchev–Trinajstić information content (AvgIpc) is 3.09. The standard InChI is InChI=1S/C12H14F3N5OS/c13-12(14,15)9-3-1-5-18(7-9)8-19-11(21)20(17-16-19)10-4-2-6-22-10/h2,4,6,9H,1,3,5,7-8H2. The van der Waals surface area contributed by atoms with Crippen LogP contribution in [0.2, 0.25) is 0 Å². The summed E-state index contributed by atoms with van der Waals surface area (Å²) in [6, 6.07) is 3.51. The van der Waals surface area contributed by atoms with E-state index in [0.717, 1.165) is 9.36 Å². The third kappa shape index (κ3) is 3.07. The molecular weight excluding hydrogens is 319 g/mol. The maximum atomic E-state index is 12.8. The minimum Gasteiger partial charge on any atom is -0.284 e. The molecule has 1 unspecified atom stereocenters. The summed E-state index contributed by atoms with van der Waals surface area (Å²) >= 11 is 1.34. The predicted octanol–water partition coefficient (Wildman–Crippen LogP) is 1.72. The molecule has 1 aliphatic heterocycles. The van der Waals surface area contributed by atoms with Gasteiger partial charge in [0.25, 0.3) is 0 Å². The molecule has 0 aromatic carbocycles. The number of hydrogen-bond acceptors (Lipinski definition) is 5. The second kappa shape index (κ2) is 5.84. The molecule has 22 heavy (non-hydrogen) atoms. The Morgan fingerprint density at radius 2 is 2.18 bits per heavy atom. The summed E-state index contributed by atoms with van der Waals surface area (Å²) in [5, 5.41) is 9.96. The average molecular weight is 333 g/mol. The van der Waals surface area contributed by atoms with Crippen LogP contribution in [0.4, 0.5) is 13.2 Å². The third-order valence-corrected chi connectivity index (χ3v) is 4.50. The number of rotatable bonds is 3. The van der Waals surface area contributed by atoms with Gasteiger partial charge < -0.3 is 0 Å². The first-order chi connectivity index (χ1) is 10.4. The topological polar surface area (TPSA) is 56.0 Å². The van der Waals surface area contributed by atoms with Crippen LogP contribution in [0.3, 0.4) is 0 Å². The Kier molecular flexibility index (Phi) is 4.04. The molecule has 1 atom stereocenters. The number of hydrogen-bond donors (Lipinski definition) is 0. The minimum atomic E-state index is -4.20. The van der Waals surface area contributed by atoms with Gasteiger partial charge in [-0.25, -0.2) is 4.79 Å². The summed E-state index contributed by atoms with van der Waals surface area (Å²) < 4.78 is 40.6. The van der Waals surface area contributed by atoms with Crippen LogP contribution in [0, 0.1) is 5.92 Å². The number of piperidine rings is 1. The second-order valence-corrected chi connectivity index (χ2v) is 6.15. The molecular formula is C12H14F3N5OS. The molecule has 0 saturated carbocycles. The fraction of sp³-hybridized carbons (Fsp3) is 0.583. The monoisotopic (exact) mass is 333 g/mol. The quantitative estimate of drug-likeness (QED) is 0.858. The molecule has 0 N–H and O–H groups in total. The van der Waals surface area contributed by atoms with Crippen molar-refractivity contribution in [1.29, 1.82) is 0 Å². The largest absolute Gasteiger partial charge is 0.393 e. The van der Waals surface area contributed by atoms with Crippen molar-refractivity contribution in [2.75, 3.05) is 13.1 Å². The van der Waals surface area contributed by atoms with Gasteiger partial charge in [-0.15, -0.1) is 11.3 Å². The van der Waals surface area contributed by atoms with Crippen molar-refractivity contribution in [2.24, 2.45) is 5.92 Å². The van der Waals surface area contributed by atoms with Crippen molar-refractivity contribution < 1.29 is 13.2 Å². The van der Waals surface area contributed by atoms with Crippen LogP contribution in [0.25, 0.3) is 5.00 Å². The second-order valence-electron chi connectivity index (χ2n) is 5.22. The van der Waals surface area contributed by atoms with Crippen molar-refractivity contribution >= 4 is 11.3 Å². The molecule has 0 spiro atoms. The molecule has 1 saturated heterocycles. The van der Waals surface area contributed by atoms with Crippen molar-refractivity contribution in [3.8, 4) is 5.00 Å². The lowest BCUT2D eigenvalue weighted by Crippen LogP contribution is -2.44. The highest BCUT2D eigenvalue weighted by atomic mass is 32.1. The van der Waals surface area contributed by atoms with Crippen LogP contribution in [-0.2, 0) is 6.67 Å². The van der Waals surface area contributed by atoms with E-state index in [1.54, 1.807) is 22.4 Å². The number of halogens is 3. The van der Waals surface area contributed by atoms with Gasteiger partial charge in [-0.05, 0) is 47.3 Å². The lowest BCUT2D eigenvalue weighted by Gasteiger charge is -2.33. The van der Waals surface area contributed by atoms with Gasteiger partial charge >= 0.3 is 11.9 Å². The highest BCUT2D eigenvalue weighted by Gasteiger charge is 2.41. The number of nitrogens with zero attached hydrogens (tertiary/aromatic N) is 5. The van der Waals surface area contributed by atoms with Crippen LogP contribution in [0.15, 0.2) is 22.3 Å². The number of thiophene rings is 1. The van der Waals surface area contributed by atoms with E-state index >= 15 is 0 Å².